The van der Waals surface area contributed by atoms with Gasteiger partial charge in [-0.05, 0) is 30.3 Å². The monoisotopic (exact) mass is 365 g/mol. The second-order valence-corrected chi connectivity index (χ2v) is 6.29. The molecule has 0 saturated carbocycles. The Kier molecular flexibility index (Phi) is 3.20. The van der Waals surface area contributed by atoms with Crippen molar-refractivity contribution in [2.75, 3.05) is 0 Å². The summed E-state index contributed by atoms with van der Waals surface area (Å²) in [6.07, 6.45) is 0. The zero-order valence-corrected chi connectivity index (χ0v) is 13.6. The number of para-hydroxylation sites is 2. The van der Waals surface area contributed by atoms with E-state index < -0.39 is 5.97 Å². The van der Waals surface area contributed by atoms with Crippen molar-refractivity contribution in [2.45, 2.75) is 0 Å². The zero-order valence-electron chi connectivity index (χ0n) is 12.0. The number of rotatable bonds is 2. The van der Waals surface area contributed by atoms with E-state index >= 15 is 0 Å². The van der Waals surface area contributed by atoms with Crippen molar-refractivity contribution in [1.82, 2.24) is 4.57 Å². The Balaban J connectivity index is 2.14. The largest absolute Gasteiger partial charge is 0.478 e. The Morgan fingerprint density at radius 3 is 2.00 bits per heavy atom. The molecule has 0 radical (unpaired) electrons. The number of aromatic nitrogens is 1. The van der Waals surface area contributed by atoms with Gasteiger partial charge in [-0.25, -0.2) is 4.79 Å². The van der Waals surface area contributed by atoms with Gasteiger partial charge in [-0.2, -0.15) is 0 Å². The topological polar surface area (TPSA) is 42.2 Å². The normalized spacial score (nSPS) is 11.2. The molecule has 0 aliphatic carbocycles. The Morgan fingerprint density at radius 1 is 0.870 bits per heavy atom. The van der Waals surface area contributed by atoms with Crippen LogP contribution in [-0.2, 0) is 0 Å². The van der Waals surface area contributed by atoms with Crippen LogP contribution in [0.4, 0.5) is 0 Å². The van der Waals surface area contributed by atoms with Gasteiger partial charge in [0.2, 0.25) is 0 Å². The number of hydrogen-bond acceptors (Lipinski definition) is 1. The molecule has 0 unspecified atom stereocenters. The summed E-state index contributed by atoms with van der Waals surface area (Å²) in [4.78, 5) is 11.4. The number of nitrogens with zero attached hydrogens (tertiary/aromatic N) is 1. The van der Waals surface area contributed by atoms with Crippen LogP contribution in [0.1, 0.15) is 10.4 Å². The van der Waals surface area contributed by atoms with Crippen LogP contribution >= 0.6 is 15.9 Å². The molecule has 3 aromatic carbocycles. The van der Waals surface area contributed by atoms with Crippen molar-refractivity contribution in [2.24, 2.45) is 0 Å². The molecule has 23 heavy (non-hydrogen) atoms. The summed E-state index contributed by atoms with van der Waals surface area (Å²) < 4.78 is 2.84. The molecule has 0 amide bonds. The van der Waals surface area contributed by atoms with Crippen molar-refractivity contribution in [3.8, 4) is 5.69 Å². The predicted octanol–water partition coefficient (Wildman–Crippen LogP) is 5.24. The van der Waals surface area contributed by atoms with E-state index in [4.69, 9.17) is 0 Å². The molecule has 1 heterocycles. The van der Waals surface area contributed by atoms with E-state index in [0.717, 1.165) is 32.0 Å². The van der Waals surface area contributed by atoms with Gasteiger partial charge < -0.3 is 9.67 Å². The van der Waals surface area contributed by atoms with E-state index in [-0.39, 0.29) is 5.56 Å². The summed E-state index contributed by atoms with van der Waals surface area (Å²) in [6.45, 7) is 0. The lowest BCUT2D eigenvalue weighted by atomic mass is 10.2. The highest BCUT2D eigenvalue weighted by atomic mass is 79.9. The van der Waals surface area contributed by atoms with Crippen molar-refractivity contribution in [3.05, 3.63) is 76.8 Å². The fourth-order valence-corrected chi connectivity index (χ4v) is 3.51. The van der Waals surface area contributed by atoms with Crippen LogP contribution in [0.15, 0.2) is 71.2 Å². The smallest absolute Gasteiger partial charge is 0.335 e. The minimum absolute atomic E-state index is 0.260. The molecule has 0 aliphatic rings. The highest BCUT2D eigenvalue weighted by Crippen LogP contribution is 2.32. The van der Waals surface area contributed by atoms with Crippen molar-refractivity contribution in [1.29, 1.82) is 0 Å². The minimum atomic E-state index is -0.937. The van der Waals surface area contributed by atoms with E-state index in [2.05, 4.69) is 44.8 Å². The van der Waals surface area contributed by atoms with Gasteiger partial charge in [0, 0.05) is 20.9 Å². The Labute approximate surface area is 140 Å². The molecular formula is C19H12BrNO2. The molecular weight excluding hydrogens is 354 g/mol. The second kappa shape index (κ2) is 5.25. The molecule has 3 nitrogen and oxygen atoms in total. The van der Waals surface area contributed by atoms with Crippen LogP contribution in [0.25, 0.3) is 27.5 Å². The lowest BCUT2D eigenvalue weighted by Crippen LogP contribution is -2.00. The number of aromatic carboxylic acids is 1. The van der Waals surface area contributed by atoms with Gasteiger partial charge >= 0.3 is 5.97 Å². The number of carboxylic acids is 1. The van der Waals surface area contributed by atoms with Gasteiger partial charge in [0.05, 0.1) is 16.6 Å². The number of halogens is 1. The van der Waals surface area contributed by atoms with Gasteiger partial charge in [0.25, 0.3) is 0 Å². The summed E-state index contributed by atoms with van der Waals surface area (Å²) in [5.74, 6) is -0.937. The number of hydrogen-bond donors (Lipinski definition) is 1. The molecule has 4 aromatic rings. The van der Waals surface area contributed by atoms with Crippen LogP contribution in [0.5, 0.6) is 0 Å². The summed E-state index contributed by atoms with van der Waals surface area (Å²) in [5.41, 5.74) is 3.21. The van der Waals surface area contributed by atoms with Crippen LogP contribution < -0.4 is 0 Å². The first-order valence-corrected chi connectivity index (χ1v) is 7.97. The molecule has 112 valence electrons. The third-order valence-corrected chi connectivity index (χ3v) is 4.43. The molecule has 0 atom stereocenters. The molecule has 0 saturated heterocycles. The third-order valence-electron chi connectivity index (χ3n) is 3.97. The fourth-order valence-electron chi connectivity index (χ4n) is 3.03. The first kappa shape index (κ1) is 14.0. The average Bonchev–Trinajstić information content (AvgIpc) is 2.89. The predicted molar refractivity (Wildman–Crippen MR) is 95.4 cm³/mol. The lowest BCUT2D eigenvalue weighted by Gasteiger charge is -2.09. The third kappa shape index (κ3) is 2.23. The van der Waals surface area contributed by atoms with E-state index in [0.29, 0.717) is 0 Å². The number of carbonyl (C=O) groups is 1. The maximum absolute atomic E-state index is 11.4. The number of carboxylic acid groups (broad SMARTS) is 1. The van der Waals surface area contributed by atoms with Gasteiger partial charge in [0.1, 0.15) is 0 Å². The van der Waals surface area contributed by atoms with Gasteiger partial charge in [0.15, 0.2) is 0 Å². The average molecular weight is 366 g/mol. The molecule has 0 fully saturated rings. The summed E-state index contributed by atoms with van der Waals surface area (Å²) in [7, 11) is 0. The first-order valence-electron chi connectivity index (χ1n) is 7.17. The fraction of sp³-hybridized carbons (Fsp3) is 0. The lowest BCUT2D eigenvalue weighted by molar-refractivity contribution is 0.0697. The standard InChI is InChI=1S/C19H12BrNO2/c20-13-9-12(19(22)23)10-14(11-13)21-17-7-3-1-5-15(17)16-6-2-4-8-18(16)21/h1-11H,(H,22,23). The molecule has 0 bridgehead atoms. The molecule has 0 aliphatic heterocycles. The number of fused-ring (bicyclic) bond motifs is 3. The van der Waals surface area contributed by atoms with Gasteiger partial charge in [-0.1, -0.05) is 52.3 Å². The minimum Gasteiger partial charge on any atom is -0.478 e. The highest BCUT2D eigenvalue weighted by molar-refractivity contribution is 9.10. The molecule has 1 N–H and O–H groups in total. The SMILES string of the molecule is O=C(O)c1cc(Br)cc(-n2c3ccccc3c3ccccc32)c1. The van der Waals surface area contributed by atoms with Gasteiger partial charge in [-0.15, -0.1) is 0 Å². The number of benzene rings is 3. The van der Waals surface area contributed by atoms with Crippen LogP contribution in [0.2, 0.25) is 0 Å². The summed E-state index contributed by atoms with van der Waals surface area (Å²) in [6, 6.07) is 21.5. The van der Waals surface area contributed by atoms with E-state index in [9.17, 15) is 9.90 Å². The van der Waals surface area contributed by atoms with E-state index in [1.54, 1.807) is 12.1 Å². The van der Waals surface area contributed by atoms with Crippen molar-refractivity contribution in [3.63, 3.8) is 0 Å². The van der Waals surface area contributed by atoms with Crippen LogP contribution in [0.3, 0.4) is 0 Å². The maximum Gasteiger partial charge on any atom is 0.335 e. The van der Waals surface area contributed by atoms with E-state index in [1.165, 1.54) is 0 Å². The van der Waals surface area contributed by atoms with Gasteiger partial charge in [-0.3, -0.25) is 0 Å². The zero-order chi connectivity index (χ0) is 16.0. The highest BCUT2D eigenvalue weighted by Gasteiger charge is 2.13. The molecule has 4 rings (SSSR count). The summed E-state index contributed by atoms with van der Waals surface area (Å²) >= 11 is 3.42. The molecule has 1 aromatic heterocycles. The first-order chi connectivity index (χ1) is 11.1. The van der Waals surface area contributed by atoms with Crippen LogP contribution in [-0.4, -0.2) is 15.6 Å². The van der Waals surface area contributed by atoms with E-state index in [1.807, 2.05) is 30.3 Å². The second-order valence-electron chi connectivity index (χ2n) is 5.37. The molecule has 4 heteroatoms. The summed E-state index contributed by atoms with van der Waals surface area (Å²) in [5, 5.41) is 11.6. The molecule has 0 spiro atoms. The Hall–Kier alpha value is -2.59. The Morgan fingerprint density at radius 2 is 1.43 bits per heavy atom. The van der Waals surface area contributed by atoms with Crippen molar-refractivity contribution < 1.29 is 9.90 Å². The maximum atomic E-state index is 11.4. The Bertz CT molecular complexity index is 1010. The van der Waals surface area contributed by atoms with Crippen molar-refractivity contribution >= 4 is 43.7 Å². The van der Waals surface area contributed by atoms with Crippen LogP contribution in [0, 0.1) is 0 Å². The quantitative estimate of drug-likeness (QED) is 0.527.